The van der Waals surface area contributed by atoms with Crippen molar-refractivity contribution >= 4 is 16.7 Å². The summed E-state index contributed by atoms with van der Waals surface area (Å²) in [5, 5.41) is 2.46. The van der Waals surface area contributed by atoms with E-state index in [-0.39, 0.29) is 18.3 Å². The van der Waals surface area contributed by atoms with Crippen LogP contribution >= 0.6 is 11.5 Å². The molecule has 17 heavy (non-hydrogen) atoms. The highest BCUT2D eigenvalue weighted by molar-refractivity contribution is 7.09. The van der Waals surface area contributed by atoms with Gasteiger partial charge in [-0.05, 0) is 0 Å². The van der Waals surface area contributed by atoms with Gasteiger partial charge in [0, 0.05) is 18.1 Å². The van der Waals surface area contributed by atoms with E-state index in [1.165, 1.54) is 0 Å². The van der Waals surface area contributed by atoms with Crippen molar-refractivity contribution in [2.45, 2.75) is 12.6 Å². The molecule has 4 nitrogen and oxygen atoms in total. The summed E-state index contributed by atoms with van der Waals surface area (Å²) in [6.45, 7) is -0.671. The van der Waals surface area contributed by atoms with E-state index in [9.17, 15) is 22.0 Å². The monoisotopic (exact) mass is 277 g/mol. The molecule has 1 N–H and O–H groups in total. The molecule has 0 aliphatic heterocycles. The molecular formula is C7H8F5N3OS. The minimum absolute atomic E-state index is 0.0297. The highest BCUT2D eigenvalue weighted by Gasteiger charge is 2.36. The SMILES string of the molecule is FC(F)COCCNc1nc(C(F)(F)F)ns1. The zero-order valence-electron chi connectivity index (χ0n) is 8.30. The van der Waals surface area contributed by atoms with Gasteiger partial charge in [0.1, 0.15) is 6.61 Å². The number of rotatable bonds is 6. The Hall–Kier alpha value is -1.03. The molecule has 0 aliphatic carbocycles. The van der Waals surface area contributed by atoms with E-state index in [2.05, 4.69) is 19.4 Å². The molecule has 1 rings (SSSR count). The van der Waals surface area contributed by atoms with Crippen LogP contribution < -0.4 is 5.32 Å². The van der Waals surface area contributed by atoms with Crippen molar-refractivity contribution in [3.63, 3.8) is 0 Å². The molecule has 0 radical (unpaired) electrons. The summed E-state index contributed by atoms with van der Waals surface area (Å²) in [4.78, 5) is 3.18. The summed E-state index contributed by atoms with van der Waals surface area (Å²) in [6, 6.07) is 0. The summed E-state index contributed by atoms with van der Waals surface area (Å²) < 4.78 is 67.1. The van der Waals surface area contributed by atoms with Crippen LogP contribution in [0, 0.1) is 0 Å². The molecule has 0 amide bonds. The van der Waals surface area contributed by atoms with Crippen LogP contribution in [0.15, 0.2) is 0 Å². The summed E-state index contributed by atoms with van der Waals surface area (Å²) in [7, 11) is 0. The summed E-state index contributed by atoms with van der Waals surface area (Å²) in [5.74, 6) is -1.22. The predicted octanol–water partition coefficient (Wildman–Crippen LogP) is 2.25. The van der Waals surface area contributed by atoms with Crippen LogP contribution in [-0.4, -0.2) is 35.5 Å². The van der Waals surface area contributed by atoms with Crippen molar-refractivity contribution in [3.8, 4) is 0 Å². The Labute approximate surface area is 97.0 Å². The Bertz CT molecular complexity index is 342. The lowest BCUT2D eigenvalue weighted by Gasteiger charge is -2.03. The maximum absolute atomic E-state index is 12.1. The van der Waals surface area contributed by atoms with Crippen molar-refractivity contribution in [3.05, 3.63) is 5.82 Å². The van der Waals surface area contributed by atoms with Gasteiger partial charge < -0.3 is 10.1 Å². The number of ether oxygens (including phenoxy) is 1. The molecule has 0 aliphatic rings. The standard InChI is InChI=1S/C7H8F5N3OS/c8-4(9)3-16-2-1-13-6-14-5(15-17-6)7(10,11)12/h4H,1-3H2,(H,13,14,15). The molecule has 0 saturated carbocycles. The van der Waals surface area contributed by atoms with Gasteiger partial charge in [-0.25, -0.2) is 8.78 Å². The molecule has 0 atom stereocenters. The summed E-state index contributed by atoms with van der Waals surface area (Å²) >= 11 is 0.545. The topological polar surface area (TPSA) is 47.0 Å². The molecule has 1 aromatic rings. The Morgan fingerprint density at radius 1 is 1.35 bits per heavy atom. The molecule has 0 unspecified atom stereocenters. The highest BCUT2D eigenvalue weighted by Crippen LogP contribution is 2.28. The molecule has 1 aromatic heterocycles. The van der Waals surface area contributed by atoms with Gasteiger partial charge in [0.25, 0.3) is 6.43 Å². The first-order valence-electron chi connectivity index (χ1n) is 4.40. The number of alkyl halides is 5. The van der Waals surface area contributed by atoms with Crippen molar-refractivity contribution in [1.29, 1.82) is 0 Å². The Morgan fingerprint density at radius 3 is 2.59 bits per heavy atom. The molecule has 98 valence electrons. The molecular weight excluding hydrogens is 269 g/mol. The number of nitrogens with zero attached hydrogens (tertiary/aromatic N) is 2. The second-order valence-corrected chi connectivity index (χ2v) is 3.57. The minimum Gasteiger partial charge on any atom is -0.374 e. The number of hydrogen-bond donors (Lipinski definition) is 1. The van der Waals surface area contributed by atoms with Crippen LogP contribution in [0.2, 0.25) is 0 Å². The fourth-order valence-corrected chi connectivity index (χ4v) is 1.42. The average Bonchev–Trinajstić information content (AvgIpc) is 2.64. The van der Waals surface area contributed by atoms with Gasteiger partial charge in [-0.3, -0.25) is 0 Å². The van der Waals surface area contributed by atoms with E-state index in [0.29, 0.717) is 11.5 Å². The van der Waals surface area contributed by atoms with Crippen LogP contribution in [0.5, 0.6) is 0 Å². The summed E-state index contributed by atoms with van der Waals surface area (Å²) in [6.07, 6.45) is -7.14. The molecule has 0 fully saturated rings. The van der Waals surface area contributed by atoms with Gasteiger partial charge in [-0.15, -0.1) is 0 Å². The van der Waals surface area contributed by atoms with Gasteiger partial charge in [-0.1, -0.05) is 0 Å². The zero-order chi connectivity index (χ0) is 12.9. The molecule has 0 aromatic carbocycles. The normalized spacial score (nSPS) is 12.1. The maximum Gasteiger partial charge on any atom is 0.452 e. The first-order valence-corrected chi connectivity index (χ1v) is 5.17. The molecule has 0 bridgehead atoms. The van der Waals surface area contributed by atoms with Crippen LogP contribution in [0.25, 0.3) is 0 Å². The fraction of sp³-hybridized carbons (Fsp3) is 0.714. The van der Waals surface area contributed by atoms with E-state index < -0.39 is 25.0 Å². The second-order valence-electron chi connectivity index (χ2n) is 2.81. The van der Waals surface area contributed by atoms with Crippen molar-refractivity contribution in [2.75, 3.05) is 25.1 Å². The fourth-order valence-electron chi connectivity index (χ4n) is 0.813. The number of nitrogens with one attached hydrogen (secondary N) is 1. The van der Waals surface area contributed by atoms with Crippen molar-refractivity contribution in [1.82, 2.24) is 9.36 Å². The van der Waals surface area contributed by atoms with Crippen molar-refractivity contribution in [2.24, 2.45) is 0 Å². The Balaban J connectivity index is 2.26. The molecule has 0 saturated heterocycles. The number of anilines is 1. The van der Waals surface area contributed by atoms with Gasteiger partial charge in [0.05, 0.1) is 6.61 Å². The average molecular weight is 277 g/mol. The van der Waals surface area contributed by atoms with Crippen LogP contribution in [0.4, 0.5) is 27.1 Å². The van der Waals surface area contributed by atoms with Crippen LogP contribution in [0.3, 0.4) is 0 Å². The largest absolute Gasteiger partial charge is 0.452 e. The lowest BCUT2D eigenvalue weighted by atomic mass is 10.6. The van der Waals surface area contributed by atoms with E-state index in [4.69, 9.17) is 0 Å². The maximum atomic E-state index is 12.1. The third kappa shape index (κ3) is 5.22. The lowest BCUT2D eigenvalue weighted by molar-refractivity contribution is -0.144. The van der Waals surface area contributed by atoms with Crippen LogP contribution in [-0.2, 0) is 10.9 Å². The Kier molecular flexibility index (Phi) is 5.00. The third-order valence-corrected chi connectivity index (χ3v) is 2.12. The smallest absolute Gasteiger partial charge is 0.374 e. The predicted molar refractivity (Wildman–Crippen MR) is 50.2 cm³/mol. The second kappa shape index (κ2) is 6.05. The third-order valence-electron chi connectivity index (χ3n) is 1.45. The van der Waals surface area contributed by atoms with Gasteiger partial charge >= 0.3 is 6.18 Å². The van der Waals surface area contributed by atoms with E-state index in [0.717, 1.165) is 0 Å². The first-order chi connectivity index (χ1) is 7.89. The first kappa shape index (κ1) is 14.0. The quantitative estimate of drug-likeness (QED) is 0.640. The van der Waals surface area contributed by atoms with Gasteiger partial charge in [0.15, 0.2) is 0 Å². The van der Waals surface area contributed by atoms with Gasteiger partial charge in [-0.2, -0.15) is 22.5 Å². The number of aromatic nitrogens is 2. The molecule has 0 spiro atoms. The van der Waals surface area contributed by atoms with E-state index in [1.54, 1.807) is 0 Å². The van der Waals surface area contributed by atoms with Gasteiger partial charge in [0.2, 0.25) is 11.0 Å². The van der Waals surface area contributed by atoms with E-state index >= 15 is 0 Å². The zero-order valence-corrected chi connectivity index (χ0v) is 9.12. The Morgan fingerprint density at radius 2 is 2.06 bits per heavy atom. The summed E-state index contributed by atoms with van der Waals surface area (Å²) in [5.41, 5.74) is 0. The highest BCUT2D eigenvalue weighted by atomic mass is 32.1. The minimum atomic E-state index is -4.58. The molecule has 10 heteroatoms. The van der Waals surface area contributed by atoms with Crippen molar-refractivity contribution < 1.29 is 26.7 Å². The lowest BCUT2D eigenvalue weighted by Crippen LogP contribution is -2.13. The van der Waals surface area contributed by atoms with E-state index in [1.807, 2.05) is 0 Å². The van der Waals surface area contributed by atoms with Crippen LogP contribution in [0.1, 0.15) is 5.82 Å². The molecule has 1 heterocycles. The number of hydrogen-bond acceptors (Lipinski definition) is 5. The number of halogens is 5.